The topological polar surface area (TPSA) is 46.5 Å². The number of esters is 1. The maximum Gasteiger partial charge on any atom is 0.302 e. The molecule has 1 unspecified atom stereocenters. The molecular weight excluding hydrogens is 168 g/mol. The van der Waals surface area contributed by atoms with Crippen molar-refractivity contribution >= 4 is 5.97 Å². The zero-order valence-corrected chi connectivity index (χ0v) is 7.90. The summed E-state index contributed by atoms with van der Waals surface area (Å²) in [5.74, 6) is 0.635. The number of ether oxygens (including phenoxy) is 1. The van der Waals surface area contributed by atoms with Crippen LogP contribution < -0.4 is 0 Å². The second-order valence-corrected chi connectivity index (χ2v) is 4.20. The summed E-state index contributed by atoms with van der Waals surface area (Å²) >= 11 is 0. The molecule has 0 spiro atoms. The average Bonchev–Trinajstić information content (AvgIpc) is 2.56. The van der Waals surface area contributed by atoms with E-state index in [-0.39, 0.29) is 18.2 Å². The normalized spacial score (nSPS) is 43.2. The van der Waals surface area contributed by atoms with Crippen LogP contribution in [-0.2, 0) is 9.53 Å². The summed E-state index contributed by atoms with van der Waals surface area (Å²) in [7, 11) is 0. The lowest BCUT2D eigenvalue weighted by Crippen LogP contribution is -2.23. The van der Waals surface area contributed by atoms with Gasteiger partial charge in [-0.25, -0.2) is 0 Å². The fraction of sp³-hybridized carbons (Fsp3) is 0.900. The van der Waals surface area contributed by atoms with Crippen LogP contribution in [0.4, 0.5) is 0 Å². The zero-order valence-electron chi connectivity index (χ0n) is 7.90. The molecule has 2 aliphatic carbocycles. The highest BCUT2D eigenvalue weighted by atomic mass is 16.5. The first kappa shape index (κ1) is 9.00. The van der Waals surface area contributed by atoms with Gasteiger partial charge in [-0.15, -0.1) is 0 Å². The highest BCUT2D eigenvalue weighted by molar-refractivity contribution is 5.66. The zero-order chi connectivity index (χ0) is 9.42. The Labute approximate surface area is 78.1 Å². The number of carbonyl (C=O) groups excluding carboxylic acids is 1. The van der Waals surface area contributed by atoms with Crippen molar-refractivity contribution in [3.05, 3.63) is 0 Å². The average molecular weight is 184 g/mol. The first-order chi connectivity index (χ1) is 6.18. The molecule has 0 aromatic rings. The molecule has 0 saturated heterocycles. The molecule has 0 bridgehead atoms. The lowest BCUT2D eigenvalue weighted by atomic mass is 9.98. The molecule has 2 aliphatic rings. The van der Waals surface area contributed by atoms with Crippen molar-refractivity contribution in [1.29, 1.82) is 0 Å². The Bertz CT molecular complexity index is 214. The molecule has 0 aromatic heterocycles. The Morgan fingerprint density at radius 1 is 1.23 bits per heavy atom. The van der Waals surface area contributed by atoms with Crippen molar-refractivity contribution in [1.82, 2.24) is 0 Å². The van der Waals surface area contributed by atoms with E-state index < -0.39 is 0 Å². The summed E-state index contributed by atoms with van der Waals surface area (Å²) in [5.41, 5.74) is 0. The number of hydrogen-bond acceptors (Lipinski definition) is 3. The van der Waals surface area contributed by atoms with E-state index in [4.69, 9.17) is 4.74 Å². The molecule has 0 aliphatic heterocycles. The number of rotatable bonds is 1. The highest BCUT2D eigenvalue weighted by Gasteiger charge is 2.45. The van der Waals surface area contributed by atoms with Crippen LogP contribution in [0.15, 0.2) is 0 Å². The van der Waals surface area contributed by atoms with Crippen LogP contribution >= 0.6 is 0 Å². The van der Waals surface area contributed by atoms with Crippen LogP contribution in [0.1, 0.15) is 32.6 Å². The Kier molecular flexibility index (Phi) is 2.28. The molecule has 74 valence electrons. The SMILES string of the molecule is CC(=O)O[C@@H]1CCC2[C@H](O)CC[C@@H]21. The van der Waals surface area contributed by atoms with Crippen molar-refractivity contribution in [2.75, 3.05) is 0 Å². The van der Waals surface area contributed by atoms with Gasteiger partial charge in [-0.2, -0.15) is 0 Å². The Hall–Kier alpha value is -0.570. The predicted octanol–water partition coefficient (Wildman–Crippen LogP) is 1.10. The van der Waals surface area contributed by atoms with E-state index in [0.717, 1.165) is 25.7 Å². The van der Waals surface area contributed by atoms with Crippen molar-refractivity contribution in [3.8, 4) is 0 Å². The lowest BCUT2D eigenvalue weighted by Gasteiger charge is -2.18. The smallest absolute Gasteiger partial charge is 0.302 e. The van der Waals surface area contributed by atoms with Gasteiger partial charge in [-0.05, 0) is 31.6 Å². The maximum absolute atomic E-state index is 10.8. The molecule has 2 saturated carbocycles. The van der Waals surface area contributed by atoms with E-state index in [1.807, 2.05) is 0 Å². The first-order valence-corrected chi connectivity index (χ1v) is 5.04. The largest absolute Gasteiger partial charge is 0.462 e. The van der Waals surface area contributed by atoms with Gasteiger partial charge in [0.25, 0.3) is 0 Å². The Morgan fingerprint density at radius 2 is 1.92 bits per heavy atom. The van der Waals surface area contributed by atoms with Crippen LogP contribution in [0.5, 0.6) is 0 Å². The van der Waals surface area contributed by atoms with E-state index in [9.17, 15) is 9.90 Å². The number of carbonyl (C=O) groups is 1. The molecule has 0 amide bonds. The van der Waals surface area contributed by atoms with E-state index in [2.05, 4.69) is 0 Å². The minimum atomic E-state index is -0.188. The summed E-state index contributed by atoms with van der Waals surface area (Å²) in [6.45, 7) is 1.46. The third-order valence-corrected chi connectivity index (χ3v) is 3.42. The van der Waals surface area contributed by atoms with Crippen LogP contribution in [0.25, 0.3) is 0 Å². The quantitative estimate of drug-likeness (QED) is 0.621. The van der Waals surface area contributed by atoms with Gasteiger partial charge < -0.3 is 9.84 Å². The molecule has 1 N–H and O–H groups in total. The van der Waals surface area contributed by atoms with E-state index in [1.165, 1.54) is 6.92 Å². The predicted molar refractivity (Wildman–Crippen MR) is 47.0 cm³/mol. The van der Waals surface area contributed by atoms with E-state index >= 15 is 0 Å². The fourth-order valence-corrected chi connectivity index (χ4v) is 2.88. The van der Waals surface area contributed by atoms with Crippen LogP contribution in [0, 0.1) is 11.8 Å². The third kappa shape index (κ3) is 1.57. The standard InChI is InChI=1S/C10H16O3/c1-6(11)13-10-5-3-7-8(10)2-4-9(7)12/h7-10,12H,2-5H2,1H3/t7?,8-,9+,10+/m0/s1. The monoisotopic (exact) mass is 184 g/mol. The summed E-state index contributed by atoms with van der Waals surface area (Å²) in [6, 6.07) is 0. The molecule has 0 heterocycles. The van der Waals surface area contributed by atoms with Crippen LogP contribution in [0.2, 0.25) is 0 Å². The van der Waals surface area contributed by atoms with Gasteiger partial charge in [0, 0.05) is 12.8 Å². The van der Waals surface area contributed by atoms with Crippen molar-refractivity contribution in [2.24, 2.45) is 11.8 Å². The molecule has 2 rings (SSSR count). The Morgan fingerprint density at radius 3 is 2.62 bits per heavy atom. The third-order valence-electron chi connectivity index (χ3n) is 3.42. The number of fused-ring (bicyclic) bond motifs is 1. The molecule has 0 radical (unpaired) electrons. The maximum atomic E-state index is 10.8. The van der Waals surface area contributed by atoms with Crippen molar-refractivity contribution in [2.45, 2.75) is 44.8 Å². The second-order valence-electron chi connectivity index (χ2n) is 4.20. The summed E-state index contributed by atoms with van der Waals surface area (Å²) in [6.07, 6.45) is 3.79. The first-order valence-electron chi connectivity index (χ1n) is 5.04. The molecular formula is C10H16O3. The van der Waals surface area contributed by atoms with Gasteiger partial charge in [-0.1, -0.05) is 0 Å². The molecule has 13 heavy (non-hydrogen) atoms. The van der Waals surface area contributed by atoms with Gasteiger partial charge in [0.05, 0.1) is 6.10 Å². The van der Waals surface area contributed by atoms with E-state index in [1.54, 1.807) is 0 Å². The number of hydrogen-bond donors (Lipinski definition) is 1. The fourth-order valence-electron chi connectivity index (χ4n) is 2.88. The van der Waals surface area contributed by atoms with Gasteiger partial charge >= 0.3 is 5.97 Å². The summed E-state index contributed by atoms with van der Waals surface area (Å²) in [5, 5.41) is 9.61. The van der Waals surface area contributed by atoms with Crippen molar-refractivity contribution < 1.29 is 14.6 Å². The molecule has 0 aromatic carbocycles. The minimum absolute atomic E-state index is 0.0830. The number of aliphatic hydroxyl groups excluding tert-OH is 1. The second kappa shape index (κ2) is 3.29. The van der Waals surface area contributed by atoms with E-state index in [0.29, 0.717) is 11.8 Å². The van der Waals surface area contributed by atoms with Crippen LogP contribution in [0.3, 0.4) is 0 Å². The van der Waals surface area contributed by atoms with Gasteiger partial charge in [-0.3, -0.25) is 4.79 Å². The molecule has 3 heteroatoms. The van der Waals surface area contributed by atoms with Crippen molar-refractivity contribution in [3.63, 3.8) is 0 Å². The highest BCUT2D eigenvalue weighted by Crippen LogP contribution is 2.45. The Balaban J connectivity index is 1.98. The summed E-state index contributed by atoms with van der Waals surface area (Å²) < 4.78 is 5.22. The lowest BCUT2D eigenvalue weighted by molar-refractivity contribution is -0.148. The molecule has 2 fully saturated rings. The van der Waals surface area contributed by atoms with Gasteiger partial charge in [0.15, 0.2) is 0 Å². The molecule has 3 nitrogen and oxygen atoms in total. The van der Waals surface area contributed by atoms with Gasteiger partial charge in [0.2, 0.25) is 0 Å². The minimum Gasteiger partial charge on any atom is -0.462 e. The number of aliphatic hydroxyl groups is 1. The van der Waals surface area contributed by atoms with Gasteiger partial charge in [0.1, 0.15) is 6.10 Å². The molecule has 4 atom stereocenters. The summed E-state index contributed by atoms with van der Waals surface area (Å²) in [4.78, 5) is 10.8. The van der Waals surface area contributed by atoms with Crippen LogP contribution in [-0.4, -0.2) is 23.3 Å².